The first-order chi connectivity index (χ1) is 7.27. The molecule has 0 saturated carbocycles. The fourth-order valence-electron chi connectivity index (χ4n) is 1.05. The molecule has 1 aromatic rings. The van der Waals surface area contributed by atoms with Gasteiger partial charge in [0.2, 0.25) is 0 Å². The Morgan fingerprint density at radius 3 is 2.60 bits per heavy atom. The molecule has 3 heteroatoms. The number of methoxy groups -OCH3 is 1. The number of ether oxygens (including phenoxy) is 2. The SMILES string of the molecule is C=CCCOC(=O)c1ccc(OC)cc1. The predicted octanol–water partition coefficient (Wildman–Crippen LogP) is 2.43. The van der Waals surface area contributed by atoms with Crippen LogP contribution in [-0.4, -0.2) is 19.7 Å². The second kappa shape index (κ2) is 5.86. The fraction of sp³-hybridized carbons (Fsp3) is 0.250. The van der Waals surface area contributed by atoms with E-state index in [-0.39, 0.29) is 5.97 Å². The van der Waals surface area contributed by atoms with Crippen LogP contribution in [0.25, 0.3) is 0 Å². The van der Waals surface area contributed by atoms with Crippen molar-refractivity contribution in [3.8, 4) is 5.75 Å². The Kier molecular flexibility index (Phi) is 4.41. The van der Waals surface area contributed by atoms with Crippen LogP contribution in [0.2, 0.25) is 0 Å². The number of hydrogen-bond donors (Lipinski definition) is 0. The molecule has 0 N–H and O–H groups in total. The topological polar surface area (TPSA) is 35.5 Å². The van der Waals surface area contributed by atoms with Gasteiger partial charge in [-0.05, 0) is 30.7 Å². The van der Waals surface area contributed by atoms with Gasteiger partial charge in [0.05, 0.1) is 19.3 Å². The molecular weight excluding hydrogens is 192 g/mol. The molecule has 15 heavy (non-hydrogen) atoms. The molecule has 80 valence electrons. The van der Waals surface area contributed by atoms with Crippen molar-refractivity contribution in [3.05, 3.63) is 42.5 Å². The zero-order valence-electron chi connectivity index (χ0n) is 8.73. The Bertz CT molecular complexity index is 327. The Hall–Kier alpha value is -1.77. The molecule has 1 rings (SSSR count). The van der Waals surface area contributed by atoms with Crippen molar-refractivity contribution in [2.75, 3.05) is 13.7 Å². The second-order valence-electron chi connectivity index (χ2n) is 2.94. The largest absolute Gasteiger partial charge is 0.497 e. The van der Waals surface area contributed by atoms with Gasteiger partial charge in [-0.3, -0.25) is 0 Å². The van der Waals surface area contributed by atoms with Crippen molar-refractivity contribution in [1.29, 1.82) is 0 Å². The molecule has 0 aliphatic rings. The molecule has 0 radical (unpaired) electrons. The first-order valence-corrected chi connectivity index (χ1v) is 4.70. The van der Waals surface area contributed by atoms with Crippen molar-refractivity contribution >= 4 is 5.97 Å². The van der Waals surface area contributed by atoms with Gasteiger partial charge in [-0.2, -0.15) is 0 Å². The van der Waals surface area contributed by atoms with Crippen molar-refractivity contribution in [2.45, 2.75) is 6.42 Å². The van der Waals surface area contributed by atoms with Crippen molar-refractivity contribution in [1.82, 2.24) is 0 Å². The van der Waals surface area contributed by atoms with E-state index in [0.717, 1.165) is 5.75 Å². The first-order valence-electron chi connectivity index (χ1n) is 4.70. The van der Waals surface area contributed by atoms with Gasteiger partial charge >= 0.3 is 5.97 Å². The minimum atomic E-state index is -0.320. The van der Waals surface area contributed by atoms with Gasteiger partial charge in [0.15, 0.2) is 0 Å². The summed E-state index contributed by atoms with van der Waals surface area (Å²) in [4.78, 5) is 11.4. The van der Waals surface area contributed by atoms with E-state index < -0.39 is 0 Å². The van der Waals surface area contributed by atoms with Crippen LogP contribution in [0.3, 0.4) is 0 Å². The maximum absolute atomic E-state index is 11.4. The maximum atomic E-state index is 11.4. The standard InChI is InChI=1S/C12H14O3/c1-3-4-9-15-12(13)10-5-7-11(14-2)8-6-10/h3,5-8H,1,4,9H2,2H3. The lowest BCUT2D eigenvalue weighted by molar-refractivity contribution is 0.0512. The summed E-state index contributed by atoms with van der Waals surface area (Å²) in [6, 6.07) is 6.80. The maximum Gasteiger partial charge on any atom is 0.338 e. The molecule has 0 heterocycles. The van der Waals surface area contributed by atoms with Crippen LogP contribution in [-0.2, 0) is 4.74 Å². The van der Waals surface area contributed by atoms with Crippen LogP contribution in [0, 0.1) is 0 Å². The van der Waals surface area contributed by atoms with Gasteiger partial charge < -0.3 is 9.47 Å². The van der Waals surface area contributed by atoms with Crippen LogP contribution < -0.4 is 4.74 Å². The lowest BCUT2D eigenvalue weighted by atomic mass is 10.2. The predicted molar refractivity (Wildman–Crippen MR) is 58.1 cm³/mol. The summed E-state index contributed by atoms with van der Waals surface area (Å²) in [5.74, 6) is 0.400. The van der Waals surface area contributed by atoms with Crippen LogP contribution >= 0.6 is 0 Å². The summed E-state index contributed by atoms with van der Waals surface area (Å²) < 4.78 is 9.97. The highest BCUT2D eigenvalue weighted by atomic mass is 16.5. The highest BCUT2D eigenvalue weighted by Gasteiger charge is 2.05. The van der Waals surface area contributed by atoms with E-state index in [4.69, 9.17) is 9.47 Å². The van der Waals surface area contributed by atoms with Crippen molar-refractivity contribution in [2.24, 2.45) is 0 Å². The van der Waals surface area contributed by atoms with Crippen LogP contribution in [0.4, 0.5) is 0 Å². The molecule has 0 saturated heterocycles. The number of hydrogen-bond acceptors (Lipinski definition) is 3. The second-order valence-corrected chi connectivity index (χ2v) is 2.94. The molecule has 0 amide bonds. The van der Waals surface area contributed by atoms with Gasteiger partial charge in [0, 0.05) is 0 Å². The number of rotatable bonds is 5. The number of carbonyl (C=O) groups is 1. The molecule has 3 nitrogen and oxygen atoms in total. The van der Waals surface area contributed by atoms with Crippen LogP contribution in [0.5, 0.6) is 5.75 Å². The molecular formula is C12H14O3. The van der Waals surface area contributed by atoms with E-state index in [0.29, 0.717) is 18.6 Å². The van der Waals surface area contributed by atoms with E-state index in [1.165, 1.54) is 0 Å². The van der Waals surface area contributed by atoms with E-state index in [1.807, 2.05) is 0 Å². The Balaban J connectivity index is 2.54. The third-order valence-electron chi connectivity index (χ3n) is 1.88. The Morgan fingerprint density at radius 2 is 2.07 bits per heavy atom. The van der Waals surface area contributed by atoms with Gasteiger partial charge in [0.25, 0.3) is 0 Å². The summed E-state index contributed by atoms with van der Waals surface area (Å²) >= 11 is 0. The number of benzene rings is 1. The lowest BCUT2D eigenvalue weighted by Gasteiger charge is -2.03. The van der Waals surface area contributed by atoms with E-state index >= 15 is 0 Å². The summed E-state index contributed by atoms with van der Waals surface area (Å²) in [5, 5.41) is 0. The summed E-state index contributed by atoms with van der Waals surface area (Å²) in [6.07, 6.45) is 2.38. The molecule has 0 atom stereocenters. The fourth-order valence-corrected chi connectivity index (χ4v) is 1.05. The van der Waals surface area contributed by atoms with Gasteiger partial charge in [0.1, 0.15) is 5.75 Å². The lowest BCUT2D eigenvalue weighted by Crippen LogP contribution is -2.05. The molecule has 0 unspecified atom stereocenters. The van der Waals surface area contributed by atoms with E-state index in [2.05, 4.69) is 6.58 Å². The summed E-state index contributed by atoms with van der Waals surface area (Å²) in [6.45, 7) is 3.91. The normalized spacial score (nSPS) is 9.40. The quantitative estimate of drug-likeness (QED) is 0.421. The zero-order chi connectivity index (χ0) is 11.1. The van der Waals surface area contributed by atoms with Gasteiger partial charge in [-0.25, -0.2) is 4.79 Å². The minimum Gasteiger partial charge on any atom is -0.497 e. The summed E-state index contributed by atoms with van der Waals surface area (Å²) in [7, 11) is 1.58. The first kappa shape index (κ1) is 11.3. The van der Waals surface area contributed by atoms with Gasteiger partial charge in [-0.15, -0.1) is 6.58 Å². The smallest absolute Gasteiger partial charge is 0.338 e. The van der Waals surface area contributed by atoms with Crippen molar-refractivity contribution in [3.63, 3.8) is 0 Å². The highest BCUT2D eigenvalue weighted by Crippen LogP contribution is 2.12. The Morgan fingerprint density at radius 1 is 1.40 bits per heavy atom. The number of carbonyl (C=O) groups excluding carboxylic acids is 1. The monoisotopic (exact) mass is 206 g/mol. The van der Waals surface area contributed by atoms with Crippen molar-refractivity contribution < 1.29 is 14.3 Å². The molecule has 0 aromatic heterocycles. The van der Waals surface area contributed by atoms with Crippen LogP contribution in [0.15, 0.2) is 36.9 Å². The average molecular weight is 206 g/mol. The van der Waals surface area contributed by atoms with Gasteiger partial charge in [-0.1, -0.05) is 6.08 Å². The molecule has 1 aromatic carbocycles. The summed E-state index contributed by atoms with van der Waals surface area (Å²) in [5.41, 5.74) is 0.528. The Labute approximate surface area is 89.3 Å². The average Bonchev–Trinajstić information content (AvgIpc) is 2.29. The zero-order valence-corrected chi connectivity index (χ0v) is 8.73. The third-order valence-corrected chi connectivity index (χ3v) is 1.88. The van der Waals surface area contributed by atoms with Crippen LogP contribution in [0.1, 0.15) is 16.8 Å². The molecule has 0 spiro atoms. The molecule has 0 aliphatic heterocycles. The molecule has 0 aliphatic carbocycles. The minimum absolute atomic E-state index is 0.320. The molecule has 0 bridgehead atoms. The van der Waals surface area contributed by atoms with E-state index in [1.54, 1.807) is 37.5 Å². The highest BCUT2D eigenvalue weighted by molar-refractivity contribution is 5.89. The van der Waals surface area contributed by atoms with E-state index in [9.17, 15) is 4.79 Å². The third kappa shape index (κ3) is 3.46. The number of esters is 1. The molecule has 0 fully saturated rings.